The number of aromatic nitrogens is 2. The molecule has 2 N–H and O–H groups in total. The van der Waals surface area contributed by atoms with Gasteiger partial charge in [-0.05, 0) is 11.6 Å². The topological polar surface area (TPSA) is 70.1 Å². The Labute approximate surface area is 92.5 Å². The Bertz CT molecular complexity index is 373. The molecule has 82 valence electrons. The molecule has 1 aromatic heterocycles. The Morgan fingerprint density at radius 1 is 1.80 bits per heavy atom. The van der Waals surface area contributed by atoms with Crippen molar-refractivity contribution < 1.29 is 9.53 Å². The number of halogens is 1. The minimum Gasteiger partial charge on any atom is -0.464 e. The van der Waals surface area contributed by atoms with Crippen LogP contribution in [-0.4, -0.2) is 29.4 Å². The molecule has 6 heteroatoms. The Morgan fingerprint density at radius 3 is 3.07 bits per heavy atom. The van der Waals surface area contributed by atoms with Crippen molar-refractivity contribution in [1.82, 2.24) is 9.78 Å². The molecule has 1 heterocycles. The van der Waals surface area contributed by atoms with E-state index >= 15 is 0 Å². The number of nitrogens with zero attached hydrogens (tertiary/aromatic N) is 2. The SMILES string of the molecule is COC(=O)c1ccnn1C/C(=C/Cl)CN. The molecule has 0 aliphatic rings. The zero-order chi connectivity index (χ0) is 11.3. The lowest BCUT2D eigenvalue weighted by atomic mass is 10.3. The van der Waals surface area contributed by atoms with Crippen molar-refractivity contribution in [2.24, 2.45) is 5.73 Å². The molecule has 0 unspecified atom stereocenters. The number of methoxy groups -OCH3 is 1. The Hall–Kier alpha value is -1.33. The number of nitrogens with two attached hydrogens (primary N) is 1. The molecule has 5 nitrogen and oxygen atoms in total. The Morgan fingerprint density at radius 2 is 2.53 bits per heavy atom. The van der Waals surface area contributed by atoms with E-state index in [1.165, 1.54) is 23.5 Å². The summed E-state index contributed by atoms with van der Waals surface area (Å²) in [7, 11) is 1.32. The van der Waals surface area contributed by atoms with Crippen LogP contribution in [0, 0.1) is 0 Å². The molecular weight excluding hydrogens is 218 g/mol. The van der Waals surface area contributed by atoms with E-state index in [4.69, 9.17) is 17.3 Å². The van der Waals surface area contributed by atoms with Gasteiger partial charge in [0.2, 0.25) is 0 Å². The lowest BCUT2D eigenvalue weighted by molar-refractivity contribution is 0.0587. The fraction of sp³-hybridized carbons (Fsp3) is 0.333. The second kappa shape index (κ2) is 5.53. The number of carbonyl (C=O) groups excluding carboxylic acids is 1. The third-order valence-corrected chi connectivity index (χ3v) is 2.19. The monoisotopic (exact) mass is 229 g/mol. The van der Waals surface area contributed by atoms with Gasteiger partial charge in [0, 0.05) is 18.3 Å². The first-order valence-corrected chi connectivity index (χ1v) is 4.75. The van der Waals surface area contributed by atoms with Crippen LogP contribution < -0.4 is 5.73 Å². The molecule has 0 amide bonds. The fourth-order valence-electron chi connectivity index (χ4n) is 1.07. The molecule has 0 saturated heterocycles. The van der Waals surface area contributed by atoms with E-state index in [-0.39, 0.29) is 0 Å². The van der Waals surface area contributed by atoms with Gasteiger partial charge < -0.3 is 10.5 Å². The highest BCUT2D eigenvalue weighted by atomic mass is 35.5. The molecule has 1 rings (SSSR count). The predicted molar refractivity (Wildman–Crippen MR) is 56.6 cm³/mol. The van der Waals surface area contributed by atoms with Crippen molar-refractivity contribution in [1.29, 1.82) is 0 Å². The third kappa shape index (κ3) is 2.81. The van der Waals surface area contributed by atoms with Crippen molar-refractivity contribution in [2.45, 2.75) is 6.54 Å². The van der Waals surface area contributed by atoms with Crippen molar-refractivity contribution in [3.63, 3.8) is 0 Å². The molecule has 0 aromatic carbocycles. The van der Waals surface area contributed by atoms with Gasteiger partial charge >= 0.3 is 5.97 Å². The minimum absolute atomic E-state index is 0.323. The largest absolute Gasteiger partial charge is 0.464 e. The highest BCUT2D eigenvalue weighted by Gasteiger charge is 2.12. The first-order valence-electron chi connectivity index (χ1n) is 4.31. The van der Waals surface area contributed by atoms with Crippen LogP contribution in [0.1, 0.15) is 10.5 Å². The summed E-state index contributed by atoms with van der Waals surface area (Å²) in [5.41, 5.74) is 8.00. The van der Waals surface area contributed by atoms with Gasteiger partial charge in [-0.25, -0.2) is 4.79 Å². The van der Waals surface area contributed by atoms with Gasteiger partial charge in [0.15, 0.2) is 0 Å². The van der Waals surface area contributed by atoms with Crippen molar-refractivity contribution in [3.05, 3.63) is 29.1 Å². The Kier molecular flexibility index (Phi) is 4.33. The molecule has 0 aliphatic carbocycles. The number of rotatable bonds is 4. The van der Waals surface area contributed by atoms with Crippen LogP contribution in [0.4, 0.5) is 0 Å². The maximum Gasteiger partial charge on any atom is 0.356 e. The van der Waals surface area contributed by atoms with E-state index in [0.717, 1.165) is 5.57 Å². The summed E-state index contributed by atoms with van der Waals surface area (Å²) in [4.78, 5) is 11.3. The molecule has 0 fully saturated rings. The second-order valence-corrected chi connectivity index (χ2v) is 3.06. The second-order valence-electron chi connectivity index (χ2n) is 2.84. The summed E-state index contributed by atoms with van der Waals surface area (Å²) in [6, 6.07) is 1.58. The third-order valence-electron chi connectivity index (χ3n) is 1.88. The summed E-state index contributed by atoms with van der Waals surface area (Å²) < 4.78 is 6.09. The molecule has 0 saturated carbocycles. The summed E-state index contributed by atoms with van der Waals surface area (Å²) >= 11 is 5.55. The van der Waals surface area contributed by atoms with Gasteiger partial charge in [-0.3, -0.25) is 4.68 Å². The molecule has 0 atom stereocenters. The first kappa shape index (κ1) is 11.7. The average Bonchev–Trinajstić information content (AvgIpc) is 2.72. The normalized spacial score (nSPS) is 11.5. The van der Waals surface area contributed by atoms with Crippen LogP contribution in [-0.2, 0) is 11.3 Å². The van der Waals surface area contributed by atoms with Crippen LogP contribution in [0.15, 0.2) is 23.4 Å². The van der Waals surface area contributed by atoms with Crippen LogP contribution >= 0.6 is 11.6 Å². The predicted octanol–water partition coefficient (Wildman–Crippen LogP) is 0.751. The van der Waals surface area contributed by atoms with Crippen LogP contribution in [0.2, 0.25) is 0 Å². The molecule has 1 aromatic rings. The highest BCUT2D eigenvalue weighted by Crippen LogP contribution is 2.05. The molecule has 15 heavy (non-hydrogen) atoms. The van der Waals surface area contributed by atoms with Gasteiger partial charge in [0.25, 0.3) is 0 Å². The van der Waals surface area contributed by atoms with E-state index in [1.807, 2.05) is 0 Å². The molecule has 0 radical (unpaired) electrons. The van der Waals surface area contributed by atoms with Crippen LogP contribution in [0.5, 0.6) is 0 Å². The van der Waals surface area contributed by atoms with E-state index in [0.29, 0.717) is 18.8 Å². The first-order chi connectivity index (χ1) is 7.22. The van der Waals surface area contributed by atoms with Crippen molar-refractivity contribution in [3.8, 4) is 0 Å². The minimum atomic E-state index is -0.432. The summed E-state index contributed by atoms with van der Waals surface area (Å²) in [6.45, 7) is 0.710. The van der Waals surface area contributed by atoms with Crippen LogP contribution in [0.25, 0.3) is 0 Å². The van der Waals surface area contributed by atoms with Gasteiger partial charge in [0.1, 0.15) is 5.69 Å². The summed E-state index contributed by atoms with van der Waals surface area (Å²) in [5, 5.41) is 3.98. The van der Waals surface area contributed by atoms with Gasteiger partial charge in [-0.15, -0.1) is 0 Å². The number of hydrogen-bond donors (Lipinski definition) is 1. The number of esters is 1. The average molecular weight is 230 g/mol. The maximum atomic E-state index is 11.3. The standard InChI is InChI=1S/C9H12ClN3O2/c1-15-9(14)8-2-3-12-13(8)6-7(4-10)5-11/h2-4H,5-6,11H2,1H3/b7-4+. The summed E-state index contributed by atoms with van der Waals surface area (Å²) in [5.74, 6) is -0.432. The van der Waals surface area contributed by atoms with Crippen molar-refractivity contribution >= 4 is 17.6 Å². The lowest BCUT2D eigenvalue weighted by Crippen LogP contribution is -2.16. The fourth-order valence-corrected chi connectivity index (χ4v) is 1.23. The van der Waals surface area contributed by atoms with Gasteiger partial charge in [0.05, 0.1) is 13.7 Å². The lowest BCUT2D eigenvalue weighted by Gasteiger charge is -2.06. The molecule has 0 aliphatic heterocycles. The number of carbonyl (C=O) groups is 1. The smallest absolute Gasteiger partial charge is 0.356 e. The zero-order valence-corrected chi connectivity index (χ0v) is 9.07. The quantitative estimate of drug-likeness (QED) is 0.774. The van der Waals surface area contributed by atoms with E-state index in [1.54, 1.807) is 6.07 Å². The zero-order valence-electron chi connectivity index (χ0n) is 8.31. The molecule has 0 bridgehead atoms. The van der Waals surface area contributed by atoms with E-state index in [2.05, 4.69) is 9.84 Å². The highest BCUT2D eigenvalue weighted by molar-refractivity contribution is 6.25. The maximum absolute atomic E-state index is 11.3. The van der Waals surface area contributed by atoms with Gasteiger partial charge in [-0.1, -0.05) is 11.6 Å². The van der Waals surface area contributed by atoms with Crippen LogP contribution in [0.3, 0.4) is 0 Å². The molecular formula is C9H12ClN3O2. The van der Waals surface area contributed by atoms with Crippen molar-refractivity contribution in [2.75, 3.05) is 13.7 Å². The number of hydrogen-bond acceptors (Lipinski definition) is 4. The molecule has 0 spiro atoms. The number of ether oxygens (including phenoxy) is 1. The Balaban J connectivity index is 2.86. The van der Waals surface area contributed by atoms with E-state index < -0.39 is 5.97 Å². The summed E-state index contributed by atoms with van der Waals surface area (Å²) in [6.07, 6.45) is 1.52. The van der Waals surface area contributed by atoms with E-state index in [9.17, 15) is 4.79 Å². The van der Waals surface area contributed by atoms with Gasteiger partial charge in [-0.2, -0.15) is 5.10 Å².